The quantitative estimate of drug-likeness (QED) is 0.719. The molecule has 116 valence electrons. The zero-order chi connectivity index (χ0) is 16.4. The third-order valence-electron chi connectivity index (χ3n) is 3.42. The van der Waals surface area contributed by atoms with Crippen LogP contribution in [0.15, 0.2) is 41.0 Å². The molecule has 2 heterocycles. The van der Waals surface area contributed by atoms with Gasteiger partial charge in [-0.15, -0.1) is 0 Å². The van der Waals surface area contributed by atoms with Crippen molar-refractivity contribution in [3.05, 3.63) is 58.0 Å². The van der Waals surface area contributed by atoms with E-state index in [0.717, 1.165) is 9.99 Å². The third kappa shape index (κ3) is 3.12. The molecule has 0 saturated carbocycles. The van der Waals surface area contributed by atoms with Gasteiger partial charge in [-0.3, -0.25) is 4.98 Å². The van der Waals surface area contributed by atoms with Gasteiger partial charge in [0, 0.05) is 15.4 Å². The lowest BCUT2D eigenvalue weighted by Gasteiger charge is -1.98. The van der Waals surface area contributed by atoms with Crippen LogP contribution in [0.4, 0.5) is 0 Å². The highest BCUT2D eigenvalue weighted by atomic mass is 79.9. The van der Waals surface area contributed by atoms with E-state index in [2.05, 4.69) is 25.9 Å². The lowest BCUT2D eigenvalue weighted by Crippen LogP contribution is -1.97. The number of carboxylic acid groups (broad SMARTS) is 1. The lowest BCUT2D eigenvalue weighted by molar-refractivity contribution is 0.0699. The van der Waals surface area contributed by atoms with Crippen molar-refractivity contribution in [1.82, 2.24) is 9.97 Å². The summed E-state index contributed by atoms with van der Waals surface area (Å²) in [6, 6.07) is 9.05. The van der Waals surface area contributed by atoms with Crippen LogP contribution in [0.5, 0.6) is 5.75 Å². The summed E-state index contributed by atoms with van der Waals surface area (Å²) in [5.41, 5.74) is 2.25. The van der Waals surface area contributed by atoms with Gasteiger partial charge in [-0.2, -0.15) is 0 Å². The molecular weight excluding hydrogens is 360 g/mol. The monoisotopic (exact) mass is 372 g/mol. The second-order valence-electron chi connectivity index (χ2n) is 4.86. The zero-order valence-corrected chi connectivity index (χ0v) is 13.8. The predicted molar refractivity (Wildman–Crippen MR) is 92.7 cm³/mol. The maximum absolute atomic E-state index is 11.6. The molecule has 5 nitrogen and oxygen atoms in total. The normalized spacial score (nSPS) is 11.2. The highest BCUT2D eigenvalue weighted by Crippen LogP contribution is 2.27. The molecular formula is C17H13BrN2O3. The first kappa shape index (κ1) is 15.3. The molecule has 0 aliphatic heterocycles. The van der Waals surface area contributed by atoms with Gasteiger partial charge in [0.15, 0.2) is 0 Å². The number of H-pyrrole nitrogens is 1. The van der Waals surface area contributed by atoms with Crippen molar-refractivity contribution in [2.75, 3.05) is 7.11 Å². The standard InChI is InChI=1S/C17H13BrN2O3/c1-23-12-5-3-11(19-9-12)4-7-14-16(17(21)22)13-6-2-10(18)8-15(13)20-14/h2-9,20H,1H3,(H,21,22)/b7-4+. The van der Waals surface area contributed by atoms with E-state index < -0.39 is 5.97 Å². The summed E-state index contributed by atoms with van der Waals surface area (Å²) < 4.78 is 5.94. The molecule has 2 aromatic heterocycles. The Hall–Kier alpha value is -2.60. The third-order valence-corrected chi connectivity index (χ3v) is 3.91. The molecule has 0 fully saturated rings. The largest absolute Gasteiger partial charge is 0.495 e. The summed E-state index contributed by atoms with van der Waals surface area (Å²) in [7, 11) is 1.58. The van der Waals surface area contributed by atoms with E-state index in [-0.39, 0.29) is 5.56 Å². The highest BCUT2D eigenvalue weighted by molar-refractivity contribution is 9.10. The number of nitrogens with one attached hydrogen (secondary N) is 1. The van der Waals surface area contributed by atoms with Crippen LogP contribution in [0.2, 0.25) is 0 Å². The van der Waals surface area contributed by atoms with Crippen molar-refractivity contribution < 1.29 is 14.6 Å². The molecule has 0 aliphatic rings. The van der Waals surface area contributed by atoms with E-state index in [1.807, 2.05) is 12.1 Å². The minimum absolute atomic E-state index is 0.247. The molecule has 0 bridgehead atoms. The van der Waals surface area contributed by atoms with Gasteiger partial charge in [-0.1, -0.05) is 22.0 Å². The molecule has 0 atom stereocenters. The van der Waals surface area contributed by atoms with E-state index in [1.165, 1.54) is 0 Å². The lowest BCUT2D eigenvalue weighted by atomic mass is 10.1. The molecule has 0 radical (unpaired) electrons. The Balaban J connectivity index is 2.02. The summed E-state index contributed by atoms with van der Waals surface area (Å²) in [5.74, 6) is -0.301. The summed E-state index contributed by atoms with van der Waals surface area (Å²) in [6.45, 7) is 0. The zero-order valence-electron chi connectivity index (χ0n) is 12.2. The number of rotatable bonds is 4. The van der Waals surface area contributed by atoms with E-state index in [0.29, 0.717) is 22.5 Å². The highest BCUT2D eigenvalue weighted by Gasteiger charge is 2.16. The van der Waals surface area contributed by atoms with Crippen molar-refractivity contribution in [3.63, 3.8) is 0 Å². The molecule has 1 aromatic carbocycles. The number of carbonyl (C=O) groups is 1. The SMILES string of the molecule is COc1ccc(/C=C/c2[nH]c3cc(Br)ccc3c2C(=O)O)nc1. The number of aromatic carboxylic acids is 1. The first-order valence-corrected chi connectivity index (χ1v) is 7.60. The van der Waals surface area contributed by atoms with Gasteiger partial charge in [0.2, 0.25) is 0 Å². The van der Waals surface area contributed by atoms with Crippen LogP contribution >= 0.6 is 15.9 Å². The number of carboxylic acids is 1. The number of ether oxygens (including phenoxy) is 1. The molecule has 3 rings (SSSR count). The van der Waals surface area contributed by atoms with E-state index in [4.69, 9.17) is 4.74 Å². The molecule has 0 unspecified atom stereocenters. The molecule has 0 aliphatic carbocycles. The van der Waals surface area contributed by atoms with Crippen molar-refractivity contribution in [1.29, 1.82) is 0 Å². The smallest absolute Gasteiger partial charge is 0.338 e. The van der Waals surface area contributed by atoms with Gasteiger partial charge in [0.1, 0.15) is 5.75 Å². The van der Waals surface area contributed by atoms with Crippen LogP contribution in [0, 0.1) is 0 Å². The van der Waals surface area contributed by atoms with Crippen molar-refractivity contribution in [3.8, 4) is 5.75 Å². The van der Waals surface area contributed by atoms with Crippen molar-refractivity contribution in [2.24, 2.45) is 0 Å². The Morgan fingerprint density at radius 2 is 2.13 bits per heavy atom. The van der Waals surface area contributed by atoms with Crippen LogP contribution in [-0.4, -0.2) is 28.2 Å². The summed E-state index contributed by atoms with van der Waals surface area (Å²) in [4.78, 5) is 18.9. The van der Waals surface area contributed by atoms with Gasteiger partial charge in [-0.05, 0) is 36.4 Å². The Labute approximate surface area is 140 Å². The molecule has 23 heavy (non-hydrogen) atoms. The topological polar surface area (TPSA) is 75.2 Å². The average Bonchev–Trinajstić information content (AvgIpc) is 2.91. The van der Waals surface area contributed by atoms with E-state index in [1.54, 1.807) is 43.7 Å². The number of hydrogen-bond donors (Lipinski definition) is 2. The fourth-order valence-corrected chi connectivity index (χ4v) is 2.69. The van der Waals surface area contributed by atoms with Gasteiger partial charge in [-0.25, -0.2) is 4.79 Å². The summed E-state index contributed by atoms with van der Waals surface area (Å²) >= 11 is 3.39. The minimum atomic E-state index is -0.971. The van der Waals surface area contributed by atoms with Crippen molar-refractivity contribution in [2.45, 2.75) is 0 Å². The molecule has 0 saturated heterocycles. The van der Waals surface area contributed by atoms with Gasteiger partial charge in [0.05, 0.1) is 30.3 Å². The van der Waals surface area contributed by atoms with Gasteiger partial charge >= 0.3 is 5.97 Å². The number of hydrogen-bond acceptors (Lipinski definition) is 3. The fourth-order valence-electron chi connectivity index (χ4n) is 2.33. The fraction of sp³-hybridized carbons (Fsp3) is 0.0588. The van der Waals surface area contributed by atoms with Crippen LogP contribution < -0.4 is 4.74 Å². The molecule has 0 spiro atoms. The predicted octanol–water partition coefficient (Wildman–Crippen LogP) is 4.20. The molecule has 2 N–H and O–H groups in total. The number of methoxy groups -OCH3 is 1. The second-order valence-corrected chi connectivity index (χ2v) is 5.78. The first-order chi connectivity index (χ1) is 11.1. The second kappa shape index (κ2) is 6.26. The number of aromatic amines is 1. The van der Waals surface area contributed by atoms with Crippen LogP contribution in [0.1, 0.15) is 21.7 Å². The average molecular weight is 373 g/mol. The summed E-state index contributed by atoms with van der Waals surface area (Å²) in [5, 5.41) is 10.2. The number of aromatic nitrogens is 2. The minimum Gasteiger partial charge on any atom is -0.495 e. The molecule has 0 amide bonds. The van der Waals surface area contributed by atoms with Crippen LogP contribution in [0.3, 0.4) is 0 Å². The van der Waals surface area contributed by atoms with Gasteiger partial charge in [0.25, 0.3) is 0 Å². The van der Waals surface area contributed by atoms with E-state index in [9.17, 15) is 9.90 Å². The number of nitrogens with zero attached hydrogens (tertiary/aromatic N) is 1. The summed E-state index contributed by atoms with van der Waals surface area (Å²) in [6.07, 6.45) is 5.08. The van der Waals surface area contributed by atoms with Gasteiger partial charge < -0.3 is 14.8 Å². The van der Waals surface area contributed by atoms with Crippen LogP contribution in [0.25, 0.3) is 23.1 Å². The number of halogens is 1. The van der Waals surface area contributed by atoms with Crippen molar-refractivity contribution >= 4 is 45.0 Å². The molecule has 3 aromatic rings. The molecule has 6 heteroatoms. The first-order valence-electron chi connectivity index (χ1n) is 6.81. The Morgan fingerprint density at radius 1 is 1.30 bits per heavy atom. The maximum atomic E-state index is 11.6. The Kier molecular flexibility index (Phi) is 4.16. The number of benzene rings is 1. The maximum Gasteiger partial charge on any atom is 0.338 e. The number of fused-ring (bicyclic) bond motifs is 1. The Bertz CT molecular complexity index is 898. The van der Waals surface area contributed by atoms with Crippen LogP contribution in [-0.2, 0) is 0 Å². The number of pyridine rings is 1. The Morgan fingerprint density at radius 3 is 2.78 bits per heavy atom. The van der Waals surface area contributed by atoms with E-state index >= 15 is 0 Å².